The van der Waals surface area contributed by atoms with Gasteiger partial charge < -0.3 is 25.7 Å². The highest BCUT2D eigenvalue weighted by molar-refractivity contribution is 5.80. The number of amides is 1. The minimum atomic E-state index is -1.25. The van der Waals surface area contributed by atoms with Gasteiger partial charge in [-0.3, -0.25) is 4.79 Å². The van der Waals surface area contributed by atoms with E-state index in [0.717, 1.165) is 38.5 Å². The summed E-state index contributed by atoms with van der Waals surface area (Å²) in [6, 6.07) is -0.981. The zero-order valence-electron chi connectivity index (χ0n) is 45.7. The Kier molecular flexibility index (Phi) is 55.6. The third-order valence-corrected chi connectivity index (χ3v) is 15.1. The molecule has 0 heterocycles. The lowest BCUT2D eigenvalue weighted by Crippen LogP contribution is -2.53. The molecule has 67 heavy (non-hydrogen) atoms. The van der Waals surface area contributed by atoms with E-state index >= 15 is 0 Å². The number of carbonyl (C=O) groups is 1. The maximum Gasteiger partial charge on any atom is 0.249 e. The number of hydrogen-bond acceptors (Lipinski definition) is 5. The zero-order valence-corrected chi connectivity index (χ0v) is 45.7. The largest absolute Gasteiger partial charge is 0.394 e. The molecule has 0 aromatic rings. The first-order chi connectivity index (χ1) is 33.0. The number of rotatable bonds is 58. The number of hydrogen-bond donors (Lipinski definition) is 5. The first-order valence-corrected chi connectivity index (χ1v) is 30.9. The molecular formula is C61H123NO5. The topological polar surface area (TPSA) is 110 Å². The van der Waals surface area contributed by atoms with Crippen LogP contribution < -0.4 is 5.32 Å². The van der Waals surface area contributed by atoms with Crippen LogP contribution in [0.5, 0.6) is 0 Å². The van der Waals surface area contributed by atoms with Gasteiger partial charge in [0.1, 0.15) is 12.2 Å². The van der Waals surface area contributed by atoms with Crippen molar-refractivity contribution in [3.8, 4) is 0 Å². The first kappa shape index (κ1) is 66.3. The molecule has 0 saturated carbocycles. The molecule has 0 aliphatic carbocycles. The second-order valence-corrected chi connectivity index (χ2v) is 21.8. The summed E-state index contributed by atoms with van der Waals surface area (Å²) in [6.45, 7) is 4.10. The average molecular weight is 951 g/mol. The predicted molar refractivity (Wildman–Crippen MR) is 293 cm³/mol. The zero-order chi connectivity index (χ0) is 48.8. The maximum atomic E-state index is 12.6. The molecular weight excluding hydrogens is 827 g/mol. The molecule has 6 heteroatoms. The van der Waals surface area contributed by atoms with Gasteiger partial charge >= 0.3 is 0 Å². The lowest BCUT2D eigenvalue weighted by atomic mass is 9.99. The van der Waals surface area contributed by atoms with Crippen molar-refractivity contribution in [2.24, 2.45) is 0 Å². The number of unbranched alkanes of at least 4 members (excludes halogenated alkanes) is 49. The highest BCUT2D eigenvalue weighted by Gasteiger charge is 2.28. The van der Waals surface area contributed by atoms with E-state index in [1.165, 1.54) is 289 Å². The minimum Gasteiger partial charge on any atom is -0.394 e. The smallest absolute Gasteiger partial charge is 0.249 e. The molecule has 6 nitrogen and oxygen atoms in total. The highest BCUT2D eigenvalue weighted by atomic mass is 16.3. The van der Waals surface area contributed by atoms with E-state index in [1.54, 1.807) is 0 Å². The van der Waals surface area contributed by atoms with Gasteiger partial charge in [-0.05, 0) is 12.8 Å². The highest BCUT2D eigenvalue weighted by Crippen LogP contribution is 2.19. The molecule has 402 valence electrons. The van der Waals surface area contributed by atoms with E-state index < -0.39 is 36.9 Å². The van der Waals surface area contributed by atoms with Gasteiger partial charge in [-0.15, -0.1) is 0 Å². The summed E-state index contributed by atoms with van der Waals surface area (Å²) in [5.74, 6) is -0.575. The average Bonchev–Trinajstić information content (AvgIpc) is 3.33. The Hall–Kier alpha value is -0.690. The second-order valence-electron chi connectivity index (χ2n) is 21.8. The van der Waals surface area contributed by atoms with Crippen molar-refractivity contribution in [3.63, 3.8) is 0 Å². The molecule has 0 aliphatic rings. The fourth-order valence-electron chi connectivity index (χ4n) is 10.2. The van der Waals surface area contributed by atoms with Crippen LogP contribution >= 0.6 is 0 Å². The van der Waals surface area contributed by atoms with Crippen molar-refractivity contribution >= 4 is 5.91 Å². The summed E-state index contributed by atoms with van der Waals surface area (Å²) in [5.41, 5.74) is 0. The lowest BCUT2D eigenvalue weighted by molar-refractivity contribution is -0.132. The van der Waals surface area contributed by atoms with Crippen LogP contribution in [-0.4, -0.2) is 57.3 Å². The first-order valence-electron chi connectivity index (χ1n) is 30.9. The van der Waals surface area contributed by atoms with E-state index in [1.807, 2.05) is 0 Å². The van der Waals surface area contributed by atoms with E-state index in [2.05, 4.69) is 19.2 Å². The normalized spacial score (nSPS) is 13.6. The fraction of sp³-hybridized carbons (Fsp3) is 0.984. The van der Waals surface area contributed by atoms with Crippen LogP contribution in [0.25, 0.3) is 0 Å². The molecule has 5 N–H and O–H groups in total. The third-order valence-electron chi connectivity index (χ3n) is 15.1. The van der Waals surface area contributed by atoms with Gasteiger partial charge in [-0.1, -0.05) is 341 Å². The Balaban J connectivity index is 3.50. The molecule has 0 fully saturated rings. The molecule has 0 aliphatic heterocycles. The summed E-state index contributed by atoms with van der Waals surface area (Å²) in [7, 11) is 0. The van der Waals surface area contributed by atoms with Crippen LogP contribution in [0, 0.1) is 0 Å². The Morgan fingerprint density at radius 3 is 0.716 bits per heavy atom. The molecule has 0 spiro atoms. The van der Waals surface area contributed by atoms with Gasteiger partial charge in [-0.25, -0.2) is 0 Å². The molecule has 0 rings (SSSR count). The quantitative estimate of drug-likeness (QED) is 0.0390. The third kappa shape index (κ3) is 50.1. The van der Waals surface area contributed by atoms with E-state index in [0.29, 0.717) is 12.8 Å². The Bertz CT molecular complexity index is 933. The molecule has 0 aromatic carbocycles. The van der Waals surface area contributed by atoms with Gasteiger partial charge in [0, 0.05) is 0 Å². The summed E-state index contributed by atoms with van der Waals surface area (Å²) in [6.07, 6.45) is 66.3. The van der Waals surface area contributed by atoms with Gasteiger partial charge in [0.2, 0.25) is 5.91 Å². The monoisotopic (exact) mass is 950 g/mol. The molecule has 4 unspecified atom stereocenters. The van der Waals surface area contributed by atoms with Crippen LogP contribution in [-0.2, 0) is 4.79 Å². The summed E-state index contributed by atoms with van der Waals surface area (Å²) < 4.78 is 0. The van der Waals surface area contributed by atoms with E-state index in [4.69, 9.17) is 0 Å². The van der Waals surface area contributed by atoms with E-state index in [-0.39, 0.29) is 0 Å². The van der Waals surface area contributed by atoms with Gasteiger partial charge in [0.15, 0.2) is 0 Å². The minimum absolute atomic E-state index is 0.376. The van der Waals surface area contributed by atoms with Crippen LogP contribution in [0.15, 0.2) is 0 Å². The second kappa shape index (κ2) is 56.2. The van der Waals surface area contributed by atoms with Gasteiger partial charge in [0.25, 0.3) is 0 Å². The van der Waals surface area contributed by atoms with Crippen molar-refractivity contribution in [1.82, 2.24) is 5.32 Å². The van der Waals surface area contributed by atoms with Crippen LogP contribution in [0.4, 0.5) is 0 Å². The SMILES string of the molecule is CCCCCCCCCCCCCCCCCCCCCCCCCCCCCCCCCCCCC(O)C(=O)NC(CO)C(O)C(O)CCCCCCCCCCCCCCCCCCC. The van der Waals surface area contributed by atoms with Crippen LogP contribution in [0.1, 0.15) is 354 Å². The summed E-state index contributed by atoms with van der Waals surface area (Å²) in [5, 5.41) is 44.0. The number of carbonyl (C=O) groups excluding carboxylic acids is 1. The number of aliphatic hydroxyl groups is 4. The molecule has 4 atom stereocenters. The molecule has 1 amide bonds. The van der Waals surface area contributed by atoms with Crippen LogP contribution in [0.3, 0.4) is 0 Å². The molecule has 0 saturated heterocycles. The summed E-state index contributed by atoms with van der Waals surface area (Å²) in [4.78, 5) is 12.6. The van der Waals surface area contributed by atoms with Gasteiger partial charge in [-0.2, -0.15) is 0 Å². The molecule has 0 bridgehead atoms. The van der Waals surface area contributed by atoms with Crippen molar-refractivity contribution < 1.29 is 25.2 Å². The number of aliphatic hydroxyl groups excluding tert-OH is 4. The van der Waals surface area contributed by atoms with Crippen LogP contribution in [0.2, 0.25) is 0 Å². The van der Waals surface area contributed by atoms with Crippen molar-refractivity contribution in [2.75, 3.05) is 6.61 Å². The Morgan fingerprint density at radius 2 is 0.507 bits per heavy atom. The van der Waals surface area contributed by atoms with Crippen molar-refractivity contribution in [1.29, 1.82) is 0 Å². The Labute approximate surface area is 420 Å². The Morgan fingerprint density at radius 1 is 0.313 bits per heavy atom. The predicted octanol–water partition coefficient (Wildman–Crippen LogP) is 18.3. The van der Waals surface area contributed by atoms with Crippen molar-refractivity contribution in [3.05, 3.63) is 0 Å². The molecule has 0 radical (unpaired) electrons. The van der Waals surface area contributed by atoms with Crippen molar-refractivity contribution in [2.45, 2.75) is 379 Å². The maximum absolute atomic E-state index is 12.6. The fourth-order valence-corrected chi connectivity index (χ4v) is 10.2. The number of nitrogens with one attached hydrogen (secondary N) is 1. The standard InChI is InChI=1S/C61H123NO5/c1-3-5-7-9-11-13-15-17-19-21-22-23-24-25-26-27-28-29-30-31-32-33-34-35-36-37-39-41-43-45-47-49-51-53-55-59(65)61(67)62-57(56-63)60(66)58(64)54-52-50-48-46-44-42-40-38-20-18-16-14-12-10-8-6-4-2/h57-60,63-66H,3-56H2,1-2H3,(H,62,67). The van der Waals surface area contributed by atoms with E-state index in [9.17, 15) is 25.2 Å². The molecule has 0 aromatic heterocycles. The van der Waals surface area contributed by atoms with Gasteiger partial charge in [0.05, 0.1) is 18.8 Å². The lowest BCUT2D eigenvalue weighted by Gasteiger charge is -2.27. The summed E-state index contributed by atoms with van der Waals surface area (Å²) >= 11 is 0.